The summed E-state index contributed by atoms with van der Waals surface area (Å²) in [4.78, 5) is 28.3. The van der Waals surface area contributed by atoms with Crippen LogP contribution in [0.3, 0.4) is 0 Å². The van der Waals surface area contributed by atoms with Gasteiger partial charge in [0, 0.05) is 12.1 Å². The molecule has 0 saturated carbocycles. The van der Waals surface area contributed by atoms with Gasteiger partial charge in [-0.25, -0.2) is 0 Å². The fourth-order valence-corrected chi connectivity index (χ4v) is 2.52. The first-order valence-electron chi connectivity index (χ1n) is 8.18. The Bertz CT molecular complexity index is 984. The summed E-state index contributed by atoms with van der Waals surface area (Å²) < 4.78 is 15.7. The van der Waals surface area contributed by atoms with E-state index in [2.05, 4.69) is 15.6 Å². The maximum Gasteiger partial charge on any atom is 0.302 e. The fourth-order valence-electron chi connectivity index (χ4n) is 2.52. The molecular formula is C19H15N3O5. The largest absolute Gasteiger partial charge is 0.454 e. The van der Waals surface area contributed by atoms with Crippen LogP contribution in [-0.4, -0.2) is 23.6 Å². The van der Waals surface area contributed by atoms with Gasteiger partial charge in [-0.2, -0.15) is 4.98 Å². The third kappa shape index (κ3) is 3.74. The maximum atomic E-state index is 12.2. The summed E-state index contributed by atoms with van der Waals surface area (Å²) in [6, 6.07) is 14.0. The fraction of sp³-hybridized carbons (Fsp3) is 0.105. The number of amides is 2. The summed E-state index contributed by atoms with van der Waals surface area (Å²) >= 11 is 0. The zero-order chi connectivity index (χ0) is 18.6. The summed E-state index contributed by atoms with van der Waals surface area (Å²) in [5.41, 5.74) is 1.39. The quantitative estimate of drug-likeness (QED) is 0.720. The highest BCUT2D eigenvalue weighted by Crippen LogP contribution is 2.32. The Labute approximate surface area is 154 Å². The van der Waals surface area contributed by atoms with Gasteiger partial charge in [0.25, 0.3) is 11.8 Å². The molecule has 1 aliphatic rings. The van der Waals surface area contributed by atoms with Crippen LogP contribution in [0.15, 0.2) is 59.2 Å². The Morgan fingerprint density at radius 3 is 2.67 bits per heavy atom. The molecule has 0 unspecified atom stereocenters. The summed E-state index contributed by atoms with van der Waals surface area (Å²) in [5.74, 6) is 0.538. The number of aromatic nitrogens is 1. The molecule has 3 aromatic rings. The van der Waals surface area contributed by atoms with Crippen molar-refractivity contribution in [3.63, 3.8) is 0 Å². The molecule has 8 nitrogen and oxygen atoms in total. The van der Waals surface area contributed by atoms with Gasteiger partial charge in [-0.15, -0.1) is 0 Å². The van der Waals surface area contributed by atoms with Crippen LogP contribution in [0.1, 0.15) is 26.4 Å². The number of nitrogens with zero attached hydrogens (tertiary/aromatic N) is 1. The van der Waals surface area contributed by atoms with Crippen LogP contribution in [0.5, 0.6) is 11.5 Å². The number of carbonyl (C=O) groups is 2. The van der Waals surface area contributed by atoms with Gasteiger partial charge < -0.3 is 19.2 Å². The second-order valence-corrected chi connectivity index (χ2v) is 5.73. The third-order valence-corrected chi connectivity index (χ3v) is 3.88. The number of anilines is 1. The van der Waals surface area contributed by atoms with E-state index < -0.39 is 5.91 Å². The molecule has 2 aromatic carbocycles. The first-order valence-corrected chi connectivity index (χ1v) is 8.18. The minimum Gasteiger partial charge on any atom is -0.454 e. The first-order chi connectivity index (χ1) is 13.2. The second kappa shape index (κ2) is 7.20. The molecule has 136 valence electrons. The number of ether oxygens (including phenoxy) is 2. The van der Waals surface area contributed by atoms with Crippen LogP contribution >= 0.6 is 0 Å². The highest BCUT2D eigenvalue weighted by Gasteiger charge is 2.16. The van der Waals surface area contributed by atoms with Crippen molar-refractivity contribution in [3.8, 4) is 11.5 Å². The molecule has 4 rings (SSSR count). The predicted molar refractivity (Wildman–Crippen MR) is 94.6 cm³/mol. The molecule has 1 aliphatic heterocycles. The van der Waals surface area contributed by atoms with E-state index in [0.29, 0.717) is 17.1 Å². The van der Waals surface area contributed by atoms with Crippen molar-refractivity contribution >= 4 is 17.8 Å². The van der Waals surface area contributed by atoms with Crippen molar-refractivity contribution in [2.24, 2.45) is 0 Å². The van der Waals surface area contributed by atoms with Gasteiger partial charge in [-0.1, -0.05) is 24.3 Å². The number of hydrogen-bond acceptors (Lipinski definition) is 6. The third-order valence-electron chi connectivity index (χ3n) is 3.88. The summed E-state index contributed by atoms with van der Waals surface area (Å²) in [6.07, 6.45) is 1.19. The van der Waals surface area contributed by atoms with Crippen molar-refractivity contribution in [2.75, 3.05) is 12.1 Å². The summed E-state index contributed by atoms with van der Waals surface area (Å²) in [5, 5.41) is 5.24. The van der Waals surface area contributed by atoms with Crippen LogP contribution in [-0.2, 0) is 6.54 Å². The molecule has 1 aromatic heterocycles. The highest BCUT2D eigenvalue weighted by atomic mass is 16.7. The van der Waals surface area contributed by atoms with E-state index in [0.717, 1.165) is 5.56 Å². The van der Waals surface area contributed by atoms with Crippen molar-refractivity contribution in [2.45, 2.75) is 6.54 Å². The van der Waals surface area contributed by atoms with Crippen LogP contribution < -0.4 is 20.1 Å². The van der Waals surface area contributed by atoms with E-state index in [1.165, 1.54) is 6.26 Å². The lowest BCUT2D eigenvalue weighted by molar-refractivity contribution is 0.0944. The summed E-state index contributed by atoms with van der Waals surface area (Å²) in [6.45, 7) is 0.482. The number of hydrogen-bond donors (Lipinski definition) is 2. The van der Waals surface area contributed by atoms with Crippen molar-refractivity contribution in [3.05, 3.63) is 71.6 Å². The minimum absolute atomic E-state index is 0.0444. The Balaban J connectivity index is 1.35. The Kier molecular flexibility index (Phi) is 4.44. The van der Waals surface area contributed by atoms with Gasteiger partial charge in [-0.3, -0.25) is 14.9 Å². The molecule has 0 aliphatic carbocycles. The molecule has 0 bridgehead atoms. The molecule has 2 heterocycles. The number of carbonyl (C=O) groups excluding carboxylic acids is 2. The van der Waals surface area contributed by atoms with Crippen molar-refractivity contribution in [1.29, 1.82) is 0 Å². The van der Waals surface area contributed by atoms with E-state index in [9.17, 15) is 9.59 Å². The van der Waals surface area contributed by atoms with Crippen molar-refractivity contribution in [1.82, 2.24) is 10.3 Å². The predicted octanol–water partition coefficient (Wildman–Crippen LogP) is 2.59. The lowest BCUT2D eigenvalue weighted by Gasteiger charge is -2.04. The molecule has 0 spiro atoms. The number of oxazole rings is 1. The van der Waals surface area contributed by atoms with Gasteiger partial charge in [0.05, 0.1) is 0 Å². The summed E-state index contributed by atoms with van der Waals surface area (Å²) in [7, 11) is 0. The second-order valence-electron chi connectivity index (χ2n) is 5.73. The SMILES string of the molecule is O=C(Nc1nc(C(=O)NCc2ccc3c(c2)OCO3)co1)c1ccccc1. The highest BCUT2D eigenvalue weighted by molar-refractivity contribution is 6.03. The van der Waals surface area contributed by atoms with Gasteiger partial charge in [0.2, 0.25) is 6.79 Å². The molecule has 2 N–H and O–H groups in total. The van der Waals surface area contributed by atoms with Crippen LogP contribution in [0.25, 0.3) is 0 Å². The molecular weight excluding hydrogens is 350 g/mol. The Morgan fingerprint density at radius 2 is 1.81 bits per heavy atom. The van der Waals surface area contributed by atoms with Crippen LogP contribution in [0.2, 0.25) is 0 Å². The average Bonchev–Trinajstić information content (AvgIpc) is 3.35. The van der Waals surface area contributed by atoms with Gasteiger partial charge >= 0.3 is 6.01 Å². The van der Waals surface area contributed by atoms with E-state index in [1.54, 1.807) is 36.4 Å². The molecule has 0 radical (unpaired) electrons. The number of benzene rings is 2. The van der Waals surface area contributed by atoms with Crippen LogP contribution in [0, 0.1) is 0 Å². The van der Waals surface area contributed by atoms with E-state index >= 15 is 0 Å². The smallest absolute Gasteiger partial charge is 0.302 e. The monoisotopic (exact) mass is 365 g/mol. The van der Waals surface area contributed by atoms with Crippen molar-refractivity contribution < 1.29 is 23.5 Å². The van der Waals surface area contributed by atoms with Gasteiger partial charge in [0.1, 0.15) is 6.26 Å². The Hall–Kier alpha value is -3.81. The van der Waals surface area contributed by atoms with Gasteiger partial charge in [0.15, 0.2) is 17.2 Å². The minimum atomic E-state index is -0.420. The average molecular weight is 365 g/mol. The van der Waals surface area contributed by atoms with E-state index in [-0.39, 0.29) is 31.0 Å². The zero-order valence-electron chi connectivity index (χ0n) is 14.1. The Morgan fingerprint density at radius 1 is 1.00 bits per heavy atom. The molecule has 0 fully saturated rings. The molecule has 0 saturated heterocycles. The van der Waals surface area contributed by atoms with E-state index in [1.807, 2.05) is 12.1 Å². The maximum absolute atomic E-state index is 12.2. The molecule has 27 heavy (non-hydrogen) atoms. The molecule has 0 atom stereocenters. The topological polar surface area (TPSA) is 103 Å². The number of rotatable bonds is 5. The zero-order valence-corrected chi connectivity index (χ0v) is 14.1. The number of nitrogens with one attached hydrogen (secondary N) is 2. The normalized spacial score (nSPS) is 11.9. The lowest BCUT2D eigenvalue weighted by atomic mass is 10.2. The molecule has 8 heteroatoms. The number of fused-ring (bicyclic) bond motifs is 1. The van der Waals surface area contributed by atoms with Gasteiger partial charge in [-0.05, 0) is 29.8 Å². The lowest BCUT2D eigenvalue weighted by Crippen LogP contribution is -2.23. The first kappa shape index (κ1) is 16.6. The molecule has 2 amide bonds. The van der Waals surface area contributed by atoms with Crippen LogP contribution in [0.4, 0.5) is 6.01 Å². The van der Waals surface area contributed by atoms with E-state index in [4.69, 9.17) is 13.9 Å². The standard InChI is InChI=1S/C19H15N3O5/c23-17(13-4-2-1-3-5-13)22-19-21-14(10-25-19)18(24)20-9-12-6-7-15-16(8-12)27-11-26-15/h1-8,10H,9,11H2,(H,20,24)(H,21,22,23).